The van der Waals surface area contributed by atoms with Crippen LogP contribution in [0.3, 0.4) is 0 Å². The van der Waals surface area contributed by atoms with E-state index in [1.54, 1.807) is 0 Å². The third kappa shape index (κ3) is 2.50. The second-order valence-corrected chi connectivity index (χ2v) is 5.71. The Kier molecular flexibility index (Phi) is 3.48. The molecule has 14 heavy (non-hydrogen) atoms. The summed E-state index contributed by atoms with van der Waals surface area (Å²) in [7, 11) is 0. The molecule has 0 aromatic heterocycles. The third-order valence-corrected chi connectivity index (χ3v) is 4.46. The van der Waals surface area contributed by atoms with Gasteiger partial charge in [-0.15, -0.1) is 0 Å². The number of hydrogen-bond acceptors (Lipinski definition) is 1. The minimum atomic E-state index is 0.521. The molecule has 2 rings (SSSR count). The van der Waals surface area contributed by atoms with Crippen molar-refractivity contribution in [1.82, 2.24) is 0 Å². The lowest BCUT2D eigenvalue weighted by atomic mass is 9.70. The van der Waals surface area contributed by atoms with Gasteiger partial charge in [-0.1, -0.05) is 26.2 Å². The Labute approximate surface area is 88.4 Å². The van der Waals surface area contributed by atoms with Crippen LogP contribution in [0.25, 0.3) is 0 Å². The monoisotopic (exact) mass is 195 g/mol. The van der Waals surface area contributed by atoms with E-state index in [2.05, 4.69) is 6.92 Å². The van der Waals surface area contributed by atoms with Crippen molar-refractivity contribution in [2.24, 2.45) is 23.5 Å². The first kappa shape index (κ1) is 10.5. The van der Waals surface area contributed by atoms with Crippen molar-refractivity contribution in [2.75, 3.05) is 0 Å². The molecular weight excluding hydrogens is 170 g/mol. The van der Waals surface area contributed by atoms with Crippen molar-refractivity contribution in [3.05, 3.63) is 0 Å². The number of hydrogen-bond donors (Lipinski definition) is 1. The van der Waals surface area contributed by atoms with Gasteiger partial charge in [-0.2, -0.15) is 0 Å². The van der Waals surface area contributed by atoms with Gasteiger partial charge < -0.3 is 5.73 Å². The van der Waals surface area contributed by atoms with Crippen LogP contribution in [-0.2, 0) is 0 Å². The average Bonchev–Trinajstić information content (AvgIpc) is 2.19. The molecule has 0 radical (unpaired) electrons. The second kappa shape index (κ2) is 4.65. The van der Waals surface area contributed by atoms with Crippen LogP contribution in [0, 0.1) is 17.8 Å². The highest BCUT2D eigenvalue weighted by atomic mass is 14.6. The van der Waals surface area contributed by atoms with Crippen molar-refractivity contribution < 1.29 is 0 Å². The van der Waals surface area contributed by atoms with Crippen LogP contribution in [0.2, 0.25) is 0 Å². The van der Waals surface area contributed by atoms with Crippen molar-refractivity contribution in [1.29, 1.82) is 0 Å². The summed E-state index contributed by atoms with van der Waals surface area (Å²) in [4.78, 5) is 0. The van der Waals surface area contributed by atoms with E-state index in [0.717, 1.165) is 17.8 Å². The van der Waals surface area contributed by atoms with Gasteiger partial charge in [0.15, 0.2) is 0 Å². The molecule has 2 aliphatic carbocycles. The van der Waals surface area contributed by atoms with Gasteiger partial charge in [-0.3, -0.25) is 0 Å². The van der Waals surface area contributed by atoms with Crippen molar-refractivity contribution >= 4 is 0 Å². The molecule has 1 nitrogen and oxygen atoms in total. The molecule has 2 saturated carbocycles. The summed E-state index contributed by atoms with van der Waals surface area (Å²) in [6.07, 6.45) is 11.4. The first-order valence-electron chi connectivity index (χ1n) is 6.51. The Morgan fingerprint density at radius 2 is 1.57 bits per heavy atom. The summed E-state index contributed by atoms with van der Waals surface area (Å²) < 4.78 is 0. The van der Waals surface area contributed by atoms with E-state index in [1.165, 1.54) is 51.4 Å². The highest BCUT2D eigenvalue weighted by molar-refractivity contribution is 4.82. The maximum absolute atomic E-state index is 5.95. The maximum atomic E-state index is 5.95. The summed E-state index contributed by atoms with van der Waals surface area (Å²) in [5, 5.41) is 0. The van der Waals surface area contributed by atoms with Gasteiger partial charge in [0.25, 0.3) is 0 Å². The Bertz CT molecular complexity index is 170. The predicted octanol–water partition coefficient (Wildman–Crippen LogP) is 3.33. The molecule has 0 saturated heterocycles. The largest absolute Gasteiger partial charge is 0.328 e. The van der Waals surface area contributed by atoms with Gasteiger partial charge in [0, 0.05) is 6.04 Å². The number of rotatable bonds is 1. The fraction of sp³-hybridized carbons (Fsp3) is 1.00. The fourth-order valence-corrected chi connectivity index (χ4v) is 3.53. The maximum Gasteiger partial charge on any atom is 0.00390 e. The Hall–Kier alpha value is -0.0400. The van der Waals surface area contributed by atoms with Crippen molar-refractivity contribution in [3.63, 3.8) is 0 Å². The topological polar surface area (TPSA) is 26.0 Å². The quantitative estimate of drug-likeness (QED) is 0.682. The van der Waals surface area contributed by atoms with Gasteiger partial charge in [-0.25, -0.2) is 0 Å². The highest BCUT2D eigenvalue weighted by Crippen LogP contribution is 2.39. The van der Waals surface area contributed by atoms with E-state index in [1.807, 2.05) is 0 Å². The minimum Gasteiger partial charge on any atom is -0.328 e. The molecule has 2 aliphatic rings. The van der Waals surface area contributed by atoms with E-state index < -0.39 is 0 Å². The standard InChI is InChI=1S/C13H25N/c1-10-3-2-4-12(9-10)11-5-7-13(14)8-6-11/h10-13H,2-9,14H2,1H3. The Morgan fingerprint density at radius 1 is 0.857 bits per heavy atom. The molecule has 0 aromatic carbocycles. The molecule has 2 unspecified atom stereocenters. The van der Waals surface area contributed by atoms with E-state index in [4.69, 9.17) is 5.73 Å². The van der Waals surface area contributed by atoms with Crippen LogP contribution < -0.4 is 5.73 Å². The lowest BCUT2D eigenvalue weighted by molar-refractivity contribution is 0.159. The van der Waals surface area contributed by atoms with Crippen LogP contribution in [0.15, 0.2) is 0 Å². The van der Waals surface area contributed by atoms with Crippen LogP contribution in [-0.4, -0.2) is 6.04 Å². The zero-order chi connectivity index (χ0) is 9.97. The molecule has 2 atom stereocenters. The van der Waals surface area contributed by atoms with Crippen molar-refractivity contribution in [2.45, 2.75) is 64.3 Å². The molecule has 0 heterocycles. The summed E-state index contributed by atoms with van der Waals surface area (Å²) in [5.74, 6) is 3.06. The normalized spacial score (nSPS) is 45.0. The van der Waals surface area contributed by atoms with Gasteiger partial charge in [0.05, 0.1) is 0 Å². The highest BCUT2D eigenvalue weighted by Gasteiger charge is 2.29. The van der Waals surface area contributed by atoms with E-state index >= 15 is 0 Å². The molecule has 0 aliphatic heterocycles. The van der Waals surface area contributed by atoms with E-state index in [-0.39, 0.29) is 0 Å². The van der Waals surface area contributed by atoms with Crippen LogP contribution >= 0.6 is 0 Å². The van der Waals surface area contributed by atoms with Gasteiger partial charge >= 0.3 is 0 Å². The molecule has 82 valence electrons. The molecule has 1 heteroatoms. The van der Waals surface area contributed by atoms with Gasteiger partial charge in [0.2, 0.25) is 0 Å². The molecule has 2 fully saturated rings. The Balaban J connectivity index is 1.82. The van der Waals surface area contributed by atoms with Crippen LogP contribution in [0.4, 0.5) is 0 Å². The molecule has 0 spiro atoms. The molecule has 0 amide bonds. The van der Waals surface area contributed by atoms with Crippen LogP contribution in [0.1, 0.15) is 58.3 Å². The molecular formula is C13H25N. The summed E-state index contributed by atoms with van der Waals surface area (Å²) in [6, 6.07) is 0.521. The summed E-state index contributed by atoms with van der Waals surface area (Å²) >= 11 is 0. The summed E-state index contributed by atoms with van der Waals surface area (Å²) in [5.41, 5.74) is 5.95. The number of nitrogens with two attached hydrogens (primary N) is 1. The first-order valence-corrected chi connectivity index (χ1v) is 6.51. The lowest BCUT2D eigenvalue weighted by Gasteiger charge is -2.36. The van der Waals surface area contributed by atoms with E-state index in [9.17, 15) is 0 Å². The van der Waals surface area contributed by atoms with Gasteiger partial charge in [-0.05, 0) is 49.9 Å². The average molecular weight is 195 g/mol. The first-order chi connectivity index (χ1) is 6.75. The Morgan fingerprint density at radius 3 is 2.21 bits per heavy atom. The third-order valence-electron chi connectivity index (χ3n) is 4.46. The molecule has 0 aromatic rings. The van der Waals surface area contributed by atoms with Crippen molar-refractivity contribution in [3.8, 4) is 0 Å². The zero-order valence-electron chi connectivity index (χ0n) is 9.54. The van der Waals surface area contributed by atoms with E-state index in [0.29, 0.717) is 6.04 Å². The van der Waals surface area contributed by atoms with Crippen LogP contribution in [0.5, 0.6) is 0 Å². The summed E-state index contributed by atoms with van der Waals surface area (Å²) in [6.45, 7) is 2.43. The predicted molar refractivity (Wildman–Crippen MR) is 61.1 cm³/mol. The molecule has 2 N–H and O–H groups in total. The fourth-order valence-electron chi connectivity index (χ4n) is 3.53. The van der Waals surface area contributed by atoms with Gasteiger partial charge in [0.1, 0.15) is 0 Å². The second-order valence-electron chi connectivity index (χ2n) is 5.71. The smallest absolute Gasteiger partial charge is 0.00390 e. The lowest BCUT2D eigenvalue weighted by Crippen LogP contribution is -2.31. The SMILES string of the molecule is CC1CCCC(C2CCC(N)CC2)C1. The molecule has 0 bridgehead atoms. The minimum absolute atomic E-state index is 0.521. The zero-order valence-corrected chi connectivity index (χ0v) is 9.54.